The van der Waals surface area contributed by atoms with E-state index in [4.69, 9.17) is 5.73 Å². The highest BCUT2D eigenvalue weighted by Gasteiger charge is 2.14. The van der Waals surface area contributed by atoms with Crippen molar-refractivity contribution in [2.45, 2.75) is 33.2 Å². The average molecular weight is 285 g/mol. The van der Waals surface area contributed by atoms with Crippen LogP contribution in [0.2, 0.25) is 0 Å². The second-order valence-electron chi connectivity index (χ2n) is 5.43. The van der Waals surface area contributed by atoms with Crippen LogP contribution >= 0.6 is 0 Å². The second-order valence-corrected chi connectivity index (χ2v) is 5.43. The molecule has 110 valence electrons. The largest absolute Gasteiger partial charge is 0.368 e. The number of hydrogen-bond acceptors (Lipinski definition) is 3. The molecule has 5 nitrogen and oxygen atoms in total. The first kappa shape index (κ1) is 15.0. The number of hydrogen-bond donors (Lipinski definition) is 1. The Morgan fingerprint density at radius 3 is 2.62 bits per heavy atom. The van der Waals surface area contributed by atoms with Gasteiger partial charge in [0.1, 0.15) is 6.54 Å². The van der Waals surface area contributed by atoms with Crippen molar-refractivity contribution in [3.8, 4) is 11.1 Å². The van der Waals surface area contributed by atoms with E-state index in [1.54, 1.807) is 0 Å². The monoisotopic (exact) mass is 285 g/mol. The fourth-order valence-corrected chi connectivity index (χ4v) is 2.24. The summed E-state index contributed by atoms with van der Waals surface area (Å²) in [5, 5.41) is 4.32. The first-order valence-corrected chi connectivity index (χ1v) is 6.86. The van der Waals surface area contributed by atoms with Crippen molar-refractivity contribution in [2.75, 3.05) is 0 Å². The molecule has 2 rings (SSSR count). The number of aryl methyl sites for hydroxylation is 1. The molecule has 1 aromatic heterocycles. The van der Waals surface area contributed by atoms with E-state index in [1.807, 2.05) is 45.0 Å². The van der Waals surface area contributed by atoms with Gasteiger partial charge in [-0.25, -0.2) is 4.68 Å². The Labute approximate surface area is 123 Å². The van der Waals surface area contributed by atoms with Crippen LogP contribution in [-0.4, -0.2) is 15.7 Å². The zero-order chi connectivity index (χ0) is 15.6. The quantitative estimate of drug-likeness (QED) is 0.930. The third kappa shape index (κ3) is 3.37. The van der Waals surface area contributed by atoms with Gasteiger partial charge in [0, 0.05) is 11.6 Å². The van der Waals surface area contributed by atoms with Gasteiger partial charge in [-0.15, -0.1) is 0 Å². The Morgan fingerprint density at radius 2 is 2.05 bits per heavy atom. The Morgan fingerprint density at radius 1 is 1.33 bits per heavy atom. The van der Waals surface area contributed by atoms with Crippen molar-refractivity contribution in [3.05, 3.63) is 51.9 Å². The Bertz CT molecular complexity index is 733. The van der Waals surface area contributed by atoms with Gasteiger partial charge in [0.15, 0.2) is 0 Å². The molecule has 2 aromatic rings. The maximum atomic E-state index is 12.1. The molecule has 0 unspecified atom stereocenters. The van der Waals surface area contributed by atoms with Gasteiger partial charge < -0.3 is 5.73 Å². The summed E-state index contributed by atoms with van der Waals surface area (Å²) in [7, 11) is 0. The van der Waals surface area contributed by atoms with Crippen LogP contribution in [0.1, 0.15) is 31.0 Å². The van der Waals surface area contributed by atoms with Crippen molar-refractivity contribution in [1.29, 1.82) is 0 Å². The van der Waals surface area contributed by atoms with Crippen molar-refractivity contribution >= 4 is 5.91 Å². The molecule has 0 radical (unpaired) electrons. The Kier molecular flexibility index (Phi) is 4.21. The van der Waals surface area contributed by atoms with Crippen LogP contribution in [0.15, 0.2) is 35.1 Å². The molecule has 0 saturated heterocycles. The molecular weight excluding hydrogens is 266 g/mol. The third-order valence-corrected chi connectivity index (χ3v) is 3.21. The molecule has 0 bridgehead atoms. The summed E-state index contributed by atoms with van der Waals surface area (Å²) in [6, 6.07) is 9.44. The predicted molar refractivity (Wildman–Crippen MR) is 82.0 cm³/mol. The van der Waals surface area contributed by atoms with E-state index in [-0.39, 0.29) is 18.0 Å². The van der Waals surface area contributed by atoms with E-state index < -0.39 is 5.91 Å². The minimum Gasteiger partial charge on any atom is -0.368 e. The number of nitrogens with two attached hydrogens (primary N) is 1. The number of aromatic nitrogens is 2. The summed E-state index contributed by atoms with van der Waals surface area (Å²) in [4.78, 5) is 23.1. The molecule has 1 amide bonds. The lowest BCUT2D eigenvalue weighted by atomic mass is 9.97. The molecule has 0 fully saturated rings. The van der Waals surface area contributed by atoms with Crippen molar-refractivity contribution in [2.24, 2.45) is 5.73 Å². The first-order chi connectivity index (χ1) is 9.88. The van der Waals surface area contributed by atoms with Gasteiger partial charge in [0.2, 0.25) is 5.91 Å². The summed E-state index contributed by atoms with van der Waals surface area (Å²) >= 11 is 0. The fraction of sp³-hybridized carbons (Fsp3) is 0.312. The van der Waals surface area contributed by atoms with Crippen LogP contribution in [-0.2, 0) is 11.3 Å². The number of benzene rings is 1. The van der Waals surface area contributed by atoms with Gasteiger partial charge in [-0.1, -0.05) is 43.7 Å². The third-order valence-electron chi connectivity index (χ3n) is 3.21. The molecule has 0 atom stereocenters. The molecule has 0 aliphatic heterocycles. The van der Waals surface area contributed by atoms with Gasteiger partial charge in [0.25, 0.3) is 5.56 Å². The Balaban J connectivity index is 2.63. The van der Waals surface area contributed by atoms with Crippen molar-refractivity contribution < 1.29 is 4.79 Å². The van der Waals surface area contributed by atoms with Gasteiger partial charge >= 0.3 is 0 Å². The van der Waals surface area contributed by atoms with Crippen LogP contribution in [0.3, 0.4) is 0 Å². The number of carbonyl (C=O) groups is 1. The molecule has 2 N–H and O–H groups in total. The van der Waals surface area contributed by atoms with E-state index in [0.29, 0.717) is 0 Å². The molecule has 0 aliphatic rings. The molecule has 0 spiro atoms. The summed E-state index contributed by atoms with van der Waals surface area (Å²) in [6.07, 6.45) is 0. The number of nitrogens with zero attached hydrogens (tertiary/aromatic N) is 2. The molecule has 0 aliphatic carbocycles. The van der Waals surface area contributed by atoms with Gasteiger partial charge in [-0.3, -0.25) is 9.59 Å². The molecule has 5 heteroatoms. The number of carbonyl (C=O) groups excluding carboxylic acids is 1. The van der Waals surface area contributed by atoms with Gasteiger partial charge in [0.05, 0.1) is 5.69 Å². The highest BCUT2D eigenvalue weighted by atomic mass is 16.2. The Hall–Kier alpha value is -2.43. The standard InChI is InChI=1S/C16H19N3O2/c1-10(2)16-13(12-6-4-5-11(3)7-12)8-15(21)19(18-16)9-14(17)20/h4-8,10H,9H2,1-3H3,(H2,17,20). The zero-order valence-corrected chi connectivity index (χ0v) is 12.5. The minimum absolute atomic E-state index is 0.125. The maximum absolute atomic E-state index is 12.1. The van der Waals surface area contributed by atoms with Crippen LogP contribution < -0.4 is 11.3 Å². The van der Waals surface area contributed by atoms with Crippen LogP contribution in [0, 0.1) is 6.92 Å². The topological polar surface area (TPSA) is 78.0 Å². The zero-order valence-electron chi connectivity index (χ0n) is 12.5. The maximum Gasteiger partial charge on any atom is 0.267 e. The van der Waals surface area contributed by atoms with Gasteiger partial charge in [-0.2, -0.15) is 5.10 Å². The van der Waals surface area contributed by atoms with E-state index in [1.165, 1.54) is 6.07 Å². The highest BCUT2D eigenvalue weighted by molar-refractivity contribution is 5.73. The molecular formula is C16H19N3O2. The molecule has 1 aromatic carbocycles. The van der Waals surface area contributed by atoms with E-state index in [9.17, 15) is 9.59 Å². The summed E-state index contributed by atoms with van der Waals surface area (Å²) in [5.41, 5.74) is 8.48. The average Bonchev–Trinajstić information content (AvgIpc) is 2.40. The van der Waals surface area contributed by atoms with Crippen molar-refractivity contribution in [3.63, 3.8) is 0 Å². The number of primary amides is 1. The molecule has 1 heterocycles. The lowest BCUT2D eigenvalue weighted by Crippen LogP contribution is -2.30. The summed E-state index contributed by atoms with van der Waals surface area (Å²) in [6.45, 7) is 5.80. The number of rotatable bonds is 4. The predicted octanol–water partition coefficient (Wildman–Crippen LogP) is 1.83. The van der Waals surface area contributed by atoms with Crippen LogP contribution in [0.4, 0.5) is 0 Å². The summed E-state index contributed by atoms with van der Waals surface area (Å²) < 4.78 is 1.12. The van der Waals surface area contributed by atoms with E-state index in [2.05, 4.69) is 5.10 Å². The molecule has 0 saturated carbocycles. The van der Waals surface area contributed by atoms with Crippen LogP contribution in [0.25, 0.3) is 11.1 Å². The minimum atomic E-state index is -0.581. The van der Waals surface area contributed by atoms with E-state index in [0.717, 1.165) is 27.1 Å². The highest BCUT2D eigenvalue weighted by Crippen LogP contribution is 2.26. The van der Waals surface area contributed by atoms with Crippen LogP contribution in [0.5, 0.6) is 0 Å². The molecule has 21 heavy (non-hydrogen) atoms. The second kappa shape index (κ2) is 5.91. The van der Waals surface area contributed by atoms with Gasteiger partial charge in [-0.05, 0) is 18.4 Å². The van der Waals surface area contributed by atoms with Crippen molar-refractivity contribution in [1.82, 2.24) is 9.78 Å². The number of amides is 1. The van der Waals surface area contributed by atoms with E-state index >= 15 is 0 Å². The lowest BCUT2D eigenvalue weighted by molar-refractivity contribution is -0.118. The first-order valence-electron chi connectivity index (χ1n) is 6.86. The fourth-order valence-electron chi connectivity index (χ4n) is 2.24. The lowest BCUT2D eigenvalue weighted by Gasteiger charge is -2.14. The summed E-state index contributed by atoms with van der Waals surface area (Å²) in [5.74, 6) is -0.456. The smallest absolute Gasteiger partial charge is 0.267 e. The normalized spacial score (nSPS) is 10.9. The SMILES string of the molecule is Cc1cccc(-c2cc(=O)n(CC(N)=O)nc2C(C)C)c1.